The molecule has 1 aromatic carbocycles. The molecule has 3 atom stereocenters. The maximum Gasteiger partial charge on any atom is 0.407 e. The van der Waals surface area contributed by atoms with Gasteiger partial charge < -0.3 is 15.3 Å². The summed E-state index contributed by atoms with van der Waals surface area (Å²) in [5.74, 6) is 0. The van der Waals surface area contributed by atoms with Crippen LogP contribution in [-0.2, 0) is 0 Å². The zero-order valence-corrected chi connectivity index (χ0v) is 13.1. The van der Waals surface area contributed by atoms with Crippen LogP contribution in [0.4, 0.5) is 10.5 Å². The highest BCUT2D eigenvalue weighted by atomic mass is 32.1. The van der Waals surface area contributed by atoms with E-state index in [4.69, 9.17) is 0 Å². The first kappa shape index (κ1) is 13.6. The molecule has 2 aliphatic heterocycles. The van der Waals surface area contributed by atoms with Gasteiger partial charge in [-0.2, -0.15) is 11.3 Å². The minimum Gasteiger partial charge on any atom is -0.465 e. The molecule has 3 heterocycles. The number of para-hydroxylation sites is 1. The number of benzene rings is 1. The molecule has 2 aliphatic rings. The van der Waals surface area contributed by atoms with Crippen LogP contribution in [0.2, 0.25) is 0 Å². The van der Waals surface area contributed by atoms with E-state index in [9.17, 15) is 9.90 Å². The number of likely N-dealkylation sites (tertiary alicyclic amines) is 1. The van der Waals surface area contributed by atoms with Crippen molar-refractivity contribution >= 4 is 23.1 Å². The van der Waals surface area contributed by atoms with Gasteiger partial charge in [-0.15, -0.1) is 0 Å². The summed E-state index contributed by atoms with van der Waals surface area (Å²) in [6.45, 7) is 2.80. The van der Waals surface area contributed by atoms with Gasteiger partial charge in [-0.3, -0.25) is 0 Å². The van der Waals surface area contributed by atoms with Gasteiger partial charge in [0.1, 0.15) is 0 Å². The number of anilines is 1. The van der Waals surface area contributed by atoms with E-state index in [1.165, 1.54) is 5.56 Å². The lowest BCUT2D eigenvalue weighted by Crippen LogP contribution is -2.42. The molecule has 1 aromatic heterocycles. The zero-order valence-electron chi connectivity index (χ0n) is 12.3. The van der Waals surface area contributed by atoms with E-state index in [2.05, 4.69) is 35.1 Å². The topological polar surface area (TPSA) is 52.6 Å². The summed E-state index contributed by atoms with van der Waals surface area (Å²) in [7, 11) is 0. The Morgan fingerprint density at radius 1 is 1.41 bits per heavy atom. The molecule has 114 valence electrons. The first-order chi connectivity index (χ1) is 10.6. The summed E-state index contributed by atoms with van der Waals surface area (Å²) >= 11 is 1.68. The summed E-state index contributed by atoms with van der Waals surface area (Å²) in [6.07, 6.45) is 0.0423. The first-order valence-electron chi connectivity index (χ1n) is 7.48. The molecule has 0 radical (unpaired) electrons. The number of fused-ring (bicyclic) bond motifs is 3. The number of nitrogens with one attached hydrogen (secondary N) is 1. The normalized spacial score (nSPS) is 29.6. The minimum atomic E-state index is -0.825. The molecule has 2 aromatic rings. The Morgan fingerprint density at radius 3 is 2.95 bits per heavy atom. The standard InChI is InChI=1S/C17H18N2O2S/c1-17-7-8-19(16(20)21)15(17)12-4-2-3-5-13(12)18-14(17)11-6-9-22-10-11/h2-6,9-10,14-15,18H,7-8H2,1H3,(H,20,21)/t14?,15-,17?/m0/s1. The van der Waals surface area contributed by atoms with Crippen LogP contribution in [0, 0.1) is 5.41 Å². The quantitative estimate of drug-likeness (QED) is 0.823. The lowest BCUT2D eigenvalue weighted by atomic mass is 9.68. The van der Waals surface area contributed by atoms with Crippen molar-refractivity contribution in [3.8, 4) is 0 Å². The third kappa shape index (κ3) is 1.78. The Balaban J connectivity index is 1.89. The Kier molecular flexibility index (Phi) is 2.94. The molecule has 4 nitrogen and oxygen atoms in total. The van der Waals surface area contributed by atoms with Gasteiger partial charge in [-0.25, -0.2) is 4.79 Å². The van der Waals surface area contributed by atoms with Crippen molar-refractivity contribution in [3.63, 3.8) is 0 Å². The molecule has 4 rings (SSSR count). The number of hydrogen-bond donors (Lipinski definition) is 2. The summed E-state index contributed by atoms with van der Waals surface area (Å²) in [4.78, 5) is 13.3. The number of nitrogens with zero attached hydrogens (tertiary/aromatic N) is 1. The molecule has 1 amide bonds. The van der Waals surface area contributed by atoms with E-state index >= 15 is 0 Å². The molecule has 1 saturated heterocycles. The second kappa shape index (κ2) is 4.74. The van der Waals surface area contributed by atoms with Gasteiger partial charge in [0.05, 0.1) is 12.1 Å². The fourth-order valence-corrected chi connectivity index (χ4v) is 4.79. The van der Waals surface area contributed by atoms with Gasteiger partial charge >= 0.3 is 6.09 Å². The number of rotatable bonds is 1. The van der Waals surface area contributed by atoms with Gasteiger partial charge in [-0.1, -0.05) is 25.1 Å². The molecule has 2 unspecified atom stereocenters. The summed E-state index contributed by atoms with van der Waals surface area (Å²) in [5, 5.41) is 17.5. The maximum absolute atomic E-state index is 11.7. The average Bonchev–Trinajstić information content (AvgIpc) is 3.13. The molecule has 0 spiro atoms. The molecular formula is C17H18N2O2S. The van der Waals surface area contributed by atoms with E-state index in [0.29, 0.717) is 6.54 Å². The van der Waals surface area contributed by atoms with Crippen molar-refractivity contribution < 1.29 is 9.90 Å². The van der Waals surface area contributed by atoms with E-state index in [0.717, 1.165) is 17.7 Å². The molecule has 0 bridgehead atoms. The molecule has 2 N–H and O–H groups in total. The Morgan fingerprint density at radius 2 is 2.23 bits per heavy atom. The first-order valence-corrected chi connectivity index (χ1v) is 8.42. The number of thiophene rings is 1. The molecule has 0 aliphatic carbocycles. The van der Waals surface area contributed by atoms with E-state index < -0.39 is 6.09 Å². The maximum atomic E-state index is 11.7. The molecule has 22 heavy (non-hydrogen) atoms. The predicted octanol–water partition coefficient (Wildman–Crippen LogP) is 4.35. The fourth-order valence-electron chi connectivity index (χ4n) is 4.11. The van der Waals surface area contributed by atoms with Crippen LogP contribution in [0.1, 0.15) is 36.6 Å². The van der Waals surface area contributed by atoms with Crippen molar-refractivity contribution in [2.45, 2.75) is 25.4 Å². The van der Waals surface area contributed by atoms with Crippen LogP contribution in [0.5, 0.6) is 0 Å². The van der Waals surface area contributed by atoms with Crippen LogP contribution in [0.3, 0.4) is 0 Å². The summed E-state index contributed by atoms with van der Waals surface area (Å²) in [5.41, 5.74) is 3.26. The summed E-state index contributed by atoms with van der Waals surface area (Å²) in [6, 6.07) is 10.3. The smallest absolute Gasteiger partial charge is 0.407 e. The Labute approximate surface area is 133 Å². The number of carbonyl (C=O) groups is 1. The Bertz CT molecular complexity index is 715. The lowest BCUT2D eigenvalue weighted by Gasteiger charge is -2.46. The van der Waals surface area contributed by atoms with Gasteiger partial charge in [0.25, 0.3) is 0 Å². The van der Waals surface area contributed by atoms with Crippen molar-refractivity contribution in [2.75, 3.05) is 11.9 Å². The molecule has 0 saturated carbocycles. The highest BCUT2D eigenvalue weighted by Crippen LogP contribution is 2.59. The monoisotopic (exact) mass is 314 g/mol. The van der Waals surface area contributed by atoms with Crippen LogP contribution in [-0.4, -0.2) is 22.6 Å². The number of amides is 1. The Hall–Kier alpha value is -2.01. The zero-order chi connectivity index (χ0) is 15.3. The van der Waals surface area contributed by atoms with Crippen molar-refractivity contribution in [2.24, 2.45) is 5.41 Å². The fraction of sp³-hybridized carbons (Fsp3) is 0.353. The minimum absolute atomic E-state index is 0.0904. The van der Waals surface area contributed by atoms with Crippen molar-refractivity contribution in [3.05, 3.63) is 52.2 Å². The van der Waals surface area contributed by atoms with Crippen LogP contribution < -0.4 is 5.32 Å². The van der Waals surface area contributed by atoms with Crippen molar-refractivity contribution in [1.82, 2.24) is 4.90 Å². The van der Waals surface area contributed by atoms with E-state index in [1.54, 1.807) is 16.2 Å². The largest absolute Gasteiger partial charge is 0.465 e. The van der Waals surface area contributed by atoms with Gasteiger partial charge in [-0.05, 0) is 40.4 Å². The lowest BCUT2D eigenvalue weighted by molar-refractivity contribution is 0.110. The second-order valence-corrected chi connectivity index (χ2v) is 7.14. The van der Waals surface area contributed by atoms with Gasteiger partial charge in [0.15, 0.2) is 0 Å². The molecule has 5 heteroatoms. The van der Waals surface area contributed by atoms with Crippen LogP contribution in [0.15, 0.2) is 41.1 Å². The van der Waals surface area contributed by atoms with E-state index in [-0.39, 0.29) is 17.5 Å². The number of carboxylic acid groups (broad SMARTS) is 1. The molecular weight excluding hydrogens is 296 g/mol. The average molecular weight is 314 g/mol. The second-order valence-electron chi connectivity index (χ2n) is 6.36. The SMILES string of the molecule is CC12CCN(C(=O)O)[C@H]1c1ccccc1NC2c1ccsc1. The van der Waals surface area contributed by atoms with Crippen LogP contribution in [0.25, 0.3) is 0 Å². The van der Waals surface area contributed by atoms with Gasteiger partial charge in [0.2, 0.25) is 0 Å². The molecule has 1 fully saturated rings. The van der Waals surface area contributed by atoms with Crippen LogP contribution >= 0.6 is 11.3 Å². The van der Waals surface area contributed by atoms with E-state index in [1.807, 2.05) is 18.2 Å². The summed E-state index contributed by atoms with van der Waals surface area (Å²) < 4.78 is 0. The highest BCUT2D eigenvalue weighted by molar-refractivity contribution is 7.08. The predicted molar refractivity (Wildman–Crippen MR) is 87.3 cm³/mol. The third-order valence-corrected chi connectivity index (χ3v) is 5.87. The van der Waals surface area contributed by atoms with Gasteiger partial charge in [0, 0.05) is 17.6 Å². The third-order valence-electron chi connectivity index (χ3n) is 5.16. The van der Waals surface area contributed by atoms with Crippen molar-refractivity contribution in [1.29, 1.82) is 0 Å². The highest BCUT2D eigenvalue weighted by Gasteiger charge is 2.54. The number of hydrogen-bond acceptors (Lipinski definition) is 3.